The van der Waals surface area contributed by atoms with Gasteiger partial charge >= 0.3 is 0 Å². The van der Waals surface area contributed by atoms with Gasteiger partial charge in [0.05, 0.1) is 36.2 Å². The van der Waals surface area contributed by atoms with Crippen LogP contribution in [0, 0.1) is 20.8 Å². The number of nitrogens with one attached hydrogen (secondary N) is 2. The average molecular weight is 412 g/mol. The largest absolute Gasteiger partial charge is 0.347 e. The summed E-state index contributed by atoms with van der Waals surface area (Å²) in [6.07, 6.45) is 3.29. The van der Waals surface area contributed by atoms with E-state index in [2.05, 4.69) is 20.7 Å². The lowest BCUT2D eigenvalue weighted by atomic mass is 10.1. The molecule has 3 aromatic rings. The molecule has 8 heteroatoms. The molecular formula is C21H22ClN5O2. The number of anilines is 1. The van der Waals surface area contributed by atoms with Gasteiger partial charge < -0.3 is 10.6 Å². The second-order valence-electron chi connectivity index (χ2n) is 6.74. The Hall–Kier alpha value is -3.19. The first-order chi connectivity index (χ1) is 13.8. The molecule has 2 N–H and O–H groups in total. The van der Waals surface area contributed by atoms with E-state index in [0.717, 1.165) is 28.2 Å². The van der Waals surface area contributed by atoms with Crippen LogP contribution in [0.4, 0.5) is 5.69 Å². The van der Waals surface area contributed by atoms with Gasteiger partial charge in [-0.15, -0.1) is 0 Å². The highest BCUT2D eigenvalue weighted by molar-refractivity contribution is 6.31. The fourth-order valence-electron chi connectivity index (χ4n) is 2.94. The first-order valence-corrected chi connectivity index (χ1v) is 9.51. The predicted molar refractivity (Wildman–Crippen MR) is 112 cm³/mol. The maximum Gasteiger partial charge on any atom is 0.243 e. The normalized spacial score (nSPS) is 10.6. The van der Waals surface area contributed by atoms with Gasteiger partial charge in [0.25, 0.3) is 0 Å². The molecule has 0 aliphatic rings. The minimum atomic E-state index is -0.315. The Morgan fingerprint density at radius 2 is 1.93 bits per heavy atom. The lowest BCUT2D eigenvalue weighted by Gasteiger charge is -2.08. The van der Waals surface area contributed by atoms with Crippen LogP contribution in [0.2, 0.25) is 5.02 Å². The lowest BCUT2D eigenvalue weighted by molar-refractivity contribution is -0.123. The molecule has 0 saturated heterocycles. The molecule has 2 aromatic heterocycles. The van der Waals surface area contributed by atoms with Crippen LogP contribution in [-0.4, -0.2) is 33.1 Å². The highest BCUT2D eigenvalue weighted by Crippen LogP contribution is 2.23. The van der Waals surface area contributed by atoms with E-state index < -0.39 is 0 Å². The van der Waals surface area contributed by atoms with Gasteiger partial charge in [-0.05, 0) is 50.6 Å². The molecule has 0 fully saturated rings. The molecule has 0 atom stereocenters. The number of nitrogens with zero attached hydrogens (tertiary/aromatic N) is 3. The maximum atomic E-state index is 12.4. The fourth-order valence-corrected chi connectivity index (χ4v) is 3.11. The zero-order valence-electron chi connectivity index (χ0n) is 16.5. The Labute approximate surface area is 174 Å². The van der Waals surface area contributed by atoms with E-state index in [-0.39, 0.29) is 24.8 Å². The maximum absolute atomic E-state index is 12.4. The Morgan fingerprint density at radius 3 is 2.62 bits per heavy atom. The van der Waals surface area contributed by atoms with Gasteiger partial charge in [-0.1, -0.05) is 17.7 Å². The summed E-state index contributed by atoms with van der Waals surface area (Å²) in [6.45, 7) is 5.59. The monoisotopic (exact) mass is 411 g/mol. The van der Waals surface area contributed by atoms with Crippen LogP contribution in [0.3, 0.4) is 0 Å². The molecule has 0 unspecified atom stereocenters. The van der Waals surface area contributed by atoms with E-state index in [0.29, 0.717) is 10.7 Å². The highest BCUT2D eigenvalue weighted by atomic mass is 35.5. The average Bonchev–Trinajstić information content (AvgIpc) is 2.97. The van der Waals surface area contributed by atoms with Crippen molar-refractivity contribution in [2.24, 2.45) is 0 Å². The Kier molecular flexibility index (Phi) is 6.29. The van der Waals surface area contributed by atoms with Gasteiger partial charge in [-0.3, -0.25) is 14.6 Å². The fraction of sp³-hybridized carbons (Fsp3) is 0.238. The van der Waals surface area contributed by atoms with Crippen LogP contribution in [0.1, 0.15) is 22.5 Å². The highest BCUT2D eigenvalue weighted by Gasteiger charge is 2.17. The molecule has 2 heterocycles. The van der Waals surface area contributed by atoms with Crippen molar-refractivity contribution in [3.05, 3.63) is 70.3 Å². The number of aromatic nitrogens is 3. The number of hydrogen-bond donors (Lipinski definition) is 2. The van der Waals surface area contributed by atoms with E-state index in [4.69, 9.17) is 11.6 Å². The van der Waals surface area contributed by atoms with Gasteiger partial charge in [-0.25, -0.2) is 4.68 Å². The van der Waals surface area contributed by atoms with E-state index in [9.17, 15) is 9.59 Å². The van der Waals surface area contributed by atoms with E-state index in [1.807, 2.05) is 39.0 Å². The molecule has 0 bridgehead atoms. The number of benzene rings is 1. The number of amides is 2. The van der Waals surface area contributed by atoms with Crippen molar-refractivity contribution in [3.63, 3.8) is 0 Å². The van der Waals surface area contributed by atoms with Crippen molar-refractivity contribution in [3.8, 4) is 5.69 Å². The summed E-state index contributed by atoms with van der Waals surface area (Å²) in [6, 6.07) is 9.17. The zero-order valence-corrected chi connectivity index (χ0v) is 17.2. The van der Waals surface area contributed by atoms with Crippen molar-refractivity contribution in [2.75, 3.05) is 11.9 Å². The van der Waals surface area contributed by atoms with Crippen LogP contribution in [0.25, 0.3) is 5.69 Å². The second-order valence-corrected chi connectivity index (χ2v) is 7.15. The first-order valence-electron chi connectivity index (χ1n) is 9.13. The molecule has 0 saturated carbocycles. The smallest absolute Gasteiger partial charge is 0.243 e. The van der Waals surface area contributed by atoms with Crippen LogP contribution < -0.4 is 10.6 Å². The van der Waals surface area contributed by atoms with E-state index in [1.54, 1.807) is 23.0 Å². The lowest BCUT2D eigenvalue weighted by Crippen LogP contribution is -2.34. The molecule has 0 aliphatic carbocycles. The zero-order chi connectivity index (χ0) is 21.0. The molecule has 2 amide bonds. The number of pyridine rings is 1. The molecular weight excluding hydrogens is 390 g/mol. The summed E-state index contributed by atoms with van der Waals surface area (Å²) in [4.78, 5) is 28.3. The number of hydrogen-bond acceptors (Lipinski definition) is 4. The Balaban J connectivity index is 1.64. The Morgan fingerprint density at radius 1 is 1.14 bits per heavy atom. The Bertz CT molecular complexity index is 1050. The number of rotatable bonds is 6. The molecule has 0 radical (unpaired) electrons. The van der Waals surface area contributed by atoms with E-state index >= 15 is 0 Å². The number of carbonyl (C=O) groups excluding carboxylic acids is 2. The molecule has 150 valence electrons. The van der Waals surface area contributed by atoms with Crippen molar-refractivity contribution in [1.82, 2.24) is 20.1 Å². The van der Waals surface area contributed by atoms with Crippen molar-refractivity contribution in [1.29, 1.82) is 0 Å². The standard InChI is InChI=1S/C21H22ClN5O2/c1-13-6-7-17(9-19(13)22)27-15(3)18(14(2)26-27)10-20(28)24-12-21(29)25-16-5-4-8-23-11-16/h4-9,11H,10,12H2,1-3H3,(H,24,28)(H,25,29). The summed E-state index contributed by atoms with van der Waals surface area (Å²) in [5.41, 5.74) is 4.85. The SMILES string of the molecule is Cc1ccc(-n2nc(C)c(CC(=O)NCC(=O)Nc3cccnc3)c2C)cc1Cl. The van der Waals surface area contributed by atoms with Crippen LogP contribution >= 0.6 is 11.6 Å². The number of halogens is 1. The summed E-state index contributed by atoms with van der Waals surface area (Å²) >= 11 is 6.23. The van der Waals surface area contributed by atoms with Gasteiger partial charge in [-0.2, -0.15) is 5.10 Å². The van der Waals surface area contributed by atoms with Gasteiger partial charge in [0.2, 0.25) is 11.8 Å². The van der Waals surface area contributed by atoms with Crippen LogP contribution in [0.5, 0.6) is 0 Å². The quantitative estimate of drug-likeness (QED) is 0.652. The minimum Gasteiger partial charge on any atom is -0.347 e. The molecule has 3 rings (SSSR count). The second kappa shape index (κ2) is 8.87. The summed E-state index contributed by atoms with van der Waals surface area (Å²) in [7, 11) is 0. The third kappa shape index (κ3) is 5.00. The van der Waals surface area contributed by atoms with Gasteiger partial charge in [0, 0.05) is 22.5 Å². The van der Waals surface area contributed by atoms with Crippen molar-refractivity contribution < 1.29 is 9.59 Å². The van der Waals surface area contributed by atoms with E-state index in [1.165, 1.54) is 6.20 Å². The summed E-state index contributed by atoms with van der Waals surface area (Å²) in [5, 5.41) is 10.5. The third-order valence-corrected chi connectivity index (χ3v) is 4.98. The van der Waals surface area contributed by atoms with Gasteiger partial charge in [0.15, 0.2) is 0 Å². The molecule has 7 nitrogen and oxygen atoms in total. The molecule has 1 aromatic carbocycles. The third-order valence-electron chi connectivity index (χ3n) is 4.57. The molecule has 0 aliphatic heterocycles. The van der Waals surface area contributed by atoms with Gasteiger partial charge in [0.1, 0.15) is 0 Å². The predicted octanol–water partition coefficient (Wildman–Crippen LogP) is 3.14. The van der Waals surface area contributed by atoms with Crippen LogP contribution in [0.15, 0.2) is 42.7 Å². The summed E-state index contributed by atoms with van der Waals surface area (Å²) < 4.78 is 1.78. The van der Waals surface area contributed by atoms with Crippen LogP contribution in [-0.2, 0) is 16.0 Å². The summed E-state index contributed by atoms with van der Waals surface area (Å²) in [5.74, 6) is -0.566. The van der Waals surface area contributed by atoms with Crippen molar-refractivity contribution >= 4 is 29.1 Å². The minimum absolute atomic E-state index is 0.118. The topological polar surface area (TPSA) is 88.9 Å². The molecule has 29 heavy (non-hydrogen) atoms. The van der Waals surface area contributed by atoms with Crippen molar-refractivity contribution in [2.45, 2.75) is 27.2 Å². The number of carbonyl (C=O) groups is 2. The molecule has 0 spiro atoms. The first kappa shape index (κ1) is 20.5. The number of aryl methyl sites for hydroxylation is 2.